The quantitative estimate of drug-likeness (QED) is 0.450. The van der Waals surface area contributed by atoms with Gasteiger partial charge in [-0.15, -0.1) is 0 Å². The van der Waals surface area contributed by atoms with Crippen molar-refractivity contribution in [3.8, 4) is 0 Å². The third-order valence-corrected chi connectivity index (χ3v) is 3.67. The van der Waals surface area contributed by atoms with Gasteiger partial charge in [-0.2, -0.15) is 0 Å². The van der Waals surface area contributed by atoms with Crippen molar-refractivity contribution >= 4 is 5.91 Å². The first kappa shape index (κ1) is 15.0. The molecule has 3 N–H and O–H groups in total. The number of ether oxygens (including phenoxy) is 2. The molecule has 1 aromatic rings. The minimum absolute atomic E-state index is 0.0685. The van der Waals surface area contributed by atoms with Crippen LogP contribution >= 0.6 is 0 Å². The Labute approximate surface area is 118 Å². The molecule has 2 heterocycles. The largest absolute Gasteiger partial charge is 0.456 e. The number of likely N-dealkylation sites (tertiary alicyclic amines) is 1. The fourth-order valence-electron chi connectivity index (χ4n) is 2.50. The van der Waals surface area contributed by atoms with Crippen LogP contribution in [0.15, 0.2) is 10.5 Å². The maximum absolute atomic E-state index is 11.4. The number of rotatable bonds is 5. The van der Waals surface area contributed by atoms with Crippen molar-refractivity contribution in [2.45, 2.75) is 25.7 Å². The fourth-order valence-corrected chi connectivity index (χ4v) is 2.50. The number of aryl methyl sites for hydroxylation is 1. The summed E-state index contributed by atoms with van der Waals surface area (Å²) in [4.78, 5) is 13.6. The van der Waals surface area contributed by atoms with Crippen molar-refractivity contribution in [1.29, 1.82) is 0 Å². The van der Waals surface area contributed by atoms with Crippen molar-refractivity contribution in [1.82, 2.24) is 10.3 Å². The highest BCUT2D eigenvalue weighted by molar-refractivity contribution is 5.91. The van der Waals surface area contributed by atoms with Gasteiger partial charge in [-0.3, -0.25) is 15.1 Å². The number of furan rings is 1. The lowest BCUT2D eigenvalue weighted by atomic mass is 10.2. The summed E-state index contributed by atoms with van der Waals surface area (Å²) in [6.45, 7) is 4.10. The number of amides is 1. The lowest BCUT2D eigenvalue weighted by molar-refractivity contribution is -0.00461. The van der Waals surface area contributed by atoms with E-state index < -0.39 is 5.91 Å². The van der Waals surface area contributed by atoms with Crippen molar-refractivity contribution in [3.05, 3.63) is 23.2 Å². The van der Waals surface area contributed by atoms with E-state index >= 15 is 0 Å². The molecule has 7 heteroatoms. The van der Waals surface area contributed by atoms with E-state index in [0.717, 1.165) is 24.4 Å². The summed E-state index contributed by atoms with van der Waals surface area (Å²) in [6, 6.07) is 1.72. The van der Waals surface area contributed by atoms with Gasteiger partial charge in [-0.25, -0.2) is 5.84 Å². The molecule has 0 aromatic carbocycles. The Morgan fingerprint density at radius 2 is 2.05 bits per heavy atom. The number of hydrogen-bond donors (Lipinski definition) is 2. The van der Waals surface area contributed by atoms with Crippen molar-refractivity contribution in [2.24, 2.45) is 5.84 Å². The van der Waals surface area contributed by atoms with Gasteiger partial charge in [0, 0.05) is 39.4 Å². The third-order valence-electron chi connectivity index (χ3n) is 3.67. The van der Waals surface area contributed by atoms with Crippen LogP contribution in [0, 0.1) is 6.92 Å². The molecule has 0 radical (unpaired) electrons. The number of hydrazine groups is 1. The van der Waals surface area contributed by atoms with Crippen LogP contribution in [0.4, 0.5) is 0 Å². The monoisotopic (exact) mass is 283 g/mol. The molecular weight excluding hydrogens is 262 g/mol. The van der Waals surface area contributed by atoms with Crippen LogP contribution in [-0.2, 0) is 16.0 Å². The number of hydrogen-bond acceptors (Lipinski definition) is 6. The fraction of sp³-hybridized carbons (Fsp3) is 0.615. The van der Waals surface area contributed by atoms with Crippen molar-refractivity contribution in [3.63, 3.8) is 0 Å². The van der Waals surface area contributed by atoms with Crippen LogP contribution in [0.1, 0.15) is 21.9 Å². The van der Waals surface area contributed by atoms with E-state index in [1.165, 1.54) is 0 Å². The molecule has 0 bridgehead atoms. The van der Waals surface area contributed by atoms with Gasteiger partial charge in [-0.05, 0) is 13.0 Å². The van der Waals surface area contributed by atoms with Gasteiger partial charge >= 0.3 is 5.91 Å². The van der Waals surface area contributed by atoms with E-state index in [1.54, 1.807) is 20.3 Å². The summed E-state index contributed by atoms with van der Waals surface area (Å²) in [5.74, 6) is 5.62. The van der Waals surface area contributed by atoms with E-state index in [4.69, 9.17) is 19.7 Å². The Kier molecular flexibility index (Phi) is 4.77. The van der Waals surface area contributed by atoms with Crippen LogP contribution in [0.25, 0.3) is 0 Å². The van der Waals surface area contributed by atoms with Crippen molar-refractivity contribution in [2.75, 3.05) is 27.3 Å². The molecule has 2 rings (SSSR count). The van der Waals surface area contributed by atoms with Gasteiger partial charge in [-0.1, -0.05) is 0 Å². The second-order valence-electron chi connectivity index (χ2n) is 4.91. The van der Waals surface area contributed by atoms with Crippen molar-refractivity contribution < 1.29 is 18.7 Å². The van der Waals surface area contributed by atoms with Gasteiger partial charge in [0.05, 0.1) is 12.2 Å². The molecule has 2 atom stereocenters. The summed E-state index contributed by atoms with van der Waals surface area (Å²) < 4.78 is 16.2. The third kappa shape index (κ3) is 3.01. The zero-order valence-electron chi connectivity index (χ0n) is 12.0. The van der Waals surface area contributed by atoms with Gasteiger partial charge < -0.3 is 13.9 Å². The lowest BCUT2D eigenvalue weighted by Crippen LogP contribution is -2.29. The minimum atomic E-state index is -0.426. The average molecular weight is 283 g/mol. The zero-order chi connectivity index (χ0) is 14.7. The summed E-state index contributed by atoms with van der Waals surface area (Å²) >= 11 is 0. The van der Waals surface area contributed by atoms with E-state index in [0.29, 0.717) is 6.54 Å². The first-order valence-corrected chi connectivity index (χ1v) is 6.47. The van der Waals surface area contributed by atoms with Gasteiger partial charge in [0.25, 0.3) is 0 Å². The Bertz CT molecular complexity index is 462. The van der Waals surface area contributed by atoms with Crippen LogP contribution in [-0.4, -0.2) is 50.3 Å². The molecular formula is C13H21N3O4. The van der Waals surface area contributed by atoms with Gasteiger partial charge in [0.1, 0.15) is 5.76 Å². The molecule has 0 spiro atoms. The van der Waals surface area contributed by atoms with Gasteiger partial charge in [0.15, 0.2) is 5.76 Å². The molecule has 1 amide bonds. The predicted molar refractivity (Wildman–Crippen MR) is 72.0 cm³/mol. The lowest BCUT2D eigenvalue weighted by Gasteiger charge is -2.14. The molecule has 2 unspecified atom stereocenters. The molecule has 112 valence electrons. The van der Waals surface area contributed by atoms with Crippen LogP contribution < -0.4 is 11.3 Å². The smallest absolute Gasteiger partial charge is 0.300 e. The second kappa shape index (κ2) is 6.36. The average Bonchev–Trinajstić information content (AvgIpc) is 3.02. The molecule has 0 aliphatic carbocycles. The highest BCUT2D eigenvalue weighted by atomic mass is 16.5. The SMILES string of the molecule is COC1CN(Cc2cc(C(=O)NN)oc2C)CC1OC. The van der Waals surface area contributed by atoms with E-state index in [1.807, 2.05) is 6.92 Å². The highest BCUT2D eigenvalue weighted by Gasteiger charge is 2.33. The van der Waals surface area contributed by atoms with Crippen LogP contribution in [0.2, 0.25) is 0 Å². The Morgan fingerprint density at radius 3 is 2.55 bits per heavy atom. The summed E-state index contributed by atoms with van der Waals surface area (Å²) in [6.07, 6.45) is 0.137. The molecule has 7 nitrogen and oxygen atoms in total. The predicted octanol–water partition coefficient (Wildman–Crippen LogP) is 0.0371. The molecule has 1 aromatic heterocycles. The number of nitrogens with zero attached hydrogens (tertiary/aromatic N) is 1. The summed E-state index contributed by atoms with van der Waals surface area (Å²) in [7, 11) is 3.37. The van der Waals surface area contributed by atoms with E-state index in [9.17, 15) is 4.79 Å². The standard InChI is InChI=1S/C13H21N3O4/c1-8-9(4-10(20-8)13(17)15-14)5-16-6-11(18-2)12(7-16)19-3/h4,11-12H,5-7,14H2,1-3H3,(H,15,17). The molecule has 20 heavy (non-hydrogen) atoms. The Hall–Kier alpha value is -1.41. The number of carbonyl (C=O) groups excluding carboxylic acids is 1. The maximum Gasteiger partial charge on any atom is 0.300 e. The van der Waals surface area contributed by atoms with Crippen LogP contribution in [0.5, 0.6) is 0 Å². The number of nitrogen functional groups attached to an aromatic ring is 1. The number of nitrogens with one attached hydrogen (secondary N) is 1. The molecule has 1 saturated heterocycles. The maximum atomic E-state index is 11.4. The van der Waals surface area contributed by atoms with Crippen LogP contribution in [0.3, 0.4) is 0 Å². The first-order chi connectivity index (χ1) is 9.58. The highest BCUT2D eigenvalue weighted by Crippen LogP contribution is 2.21. The Morgan fingerprint density at radius 1 is 1.45 bits per heavy atom. The number of methoxy groups -OCH3 is 2. The molecule has 0 saturated carbocycles. The second-order valence-corrected chi connectivity index (χ2v) is 4.91. The van der Waals surface area contributed by atoms with Gasteiger partial charge in [0.2, 0.25) is 0 Å². The van der Waals surface area contributed by atoms with E-state index in [-0.39, 0.29) is 18.0 Å². The number of nitrogens with two attached hydrogens (primary N) is 1. The Balaban J connectivity index is 2.04. The minimum Gasteiger partial charge on any atom is -0.456 e. The molecule has 1 fully saturated rings. The molecule has 1 aliphatic heterocycles. The number of carbonyl (C=O) groups is 1. The summed E-state index contributed by atoms with van der Waals surface area (Å²) in [5.41, 5.74) is 3.03. The first-order valence-electron chi connectivity index (χ1n) is 6.47. The topological polar surface area (TPSA) is 90.0 Å². The molecule has 1 aliphatic rings. The normalized spacial score (nSPS) is 23.2. The van der Waals surface area contributed by atoms with E-state index in [2.05, 4.69) is 10.3 Å². The summed E-state index contributed by atoms with van der Waals surface area (Å²) in [5, 5.41) is 0. The zero-order valence-corrected chi connectivity index (χ0v) is 12.0.